The van der Waals surface area contributed by atoms with E-state index in [-0.39, 0.29) is 18.8 Å². The van der Waals surface area contributed by atoms with Gasteiger partial charge in [0, 0.05) is 12.0 Å². The lowest BCUT2D eigenvalue weighted by atomic mass is 9.90. The van der Waals surface area contributed by atoms with Gasteiger partial charge in [-0.15, -0.1) is 0 Å². The Bertz CT molecular complexity index is 807. The molecule has 6 atom stereocenters. The van der Waals surface area contributed by atoms with E-state index in [0.29, 0.717) is 12.0 Å². The molecule has 0 spiro atoms. The highest BCUT2D eigenvalue weighted by Gasteiger charge is 2.45. The molecule has 0 amide bonds. The van der Waals surface area contributed by atoms with Gasteiger partial charge in [-0.3, -0.25) is 4.79 Å². The molecule has 1 aliphatic carbocycles. The molecule has 5 N–H and O–H groups in total. The number of hydrogen-bond acceptors (Lipinski definition) is 10. The van der Waals surface area contributed by atoms with E-state index in [1.54, 1.807) is 18.2 Å². The van der Waals surface area contributed by atoms with Gasteiger partial charge in [0.15, 0.2) is 5.78 Å². The number of rotatable bonds is 6. The number of para-hydroxylation sites is 1. The summed E-state index contributed by atoms with van der Waals surface area (Å²) in [6.07, 6.45) is -4.20. The van der Waals surface area contributed by atoms with Crippen LogP contribution in [0.4, 0.5) is 0 Å². The maximum Gasteiger partial charge on any atom is 0.350 e. The fraction of sp³-hybridized carbons (Fsp3) is 0.500. The second kappa shape index (κ2) is 9.21. The van der Waals surface area contributed by atoms with Gasteiger partial charge in [-0.25, -0.2) is 4.79 Å². The first-order valence-corrected chi connectivity index (χ1v) is 9.43. The molecule has 1 heterocycles. The van der Waals surface area contributed by atoms with E-state index < -0.39 is 54.7 Å². The first-order chi connectivity index (χ1) is 14.3. The molecule has 0 bridgehead atoms. The molecule has 0 aromatic heterocycles. The molecule has 1 aromatic carbocycles. The van der Waals surface area contributed by atoms with Crippen molar-refractivity contribution >= 4 is 11.8 Å². The Kier molecular flexibility index (Phi) is 6.86. The second-order valence-corrected chi connectivity index (χ2v) is 7.13. The smallest absolute Gasteiger partial charge is 0.350 e. The highest BCUT2D eigenvalue weighted by Crippen LogP contribution is 2.28. The van der Waals surface area contributed by atoms with Crippen molar-refractivity contribution in [3.05, 3.63) is 42.0 Å². The summed E-state index contributed by atoms with van der Waals surface area (Å²) in [4.78, 5) is 24.2. The molecule has 1 aromatic rings. The van der Waals surface area contributed by atoms with Gasteiger partial charge in [-0.2, -0.15) is 0 Å². The number of aliphatic hydroxyl groups excluding tert-OH is 4. The maximum absolute atomic E-state index is 12.3. The zero-order valence-corrected chi connectivity index (χ0v) is 16.0. The van der Waals surface area contributed by atoms with Crippen LogP contribution in [0.3, 0.4) is 0 Å². The Morgan fingerprint density at radius 1 is 1.17 bits per heavy atom. The van der Waals surface area contributed by atoms with Crippen molar-refractivity contribution in [1.29, 1.82) is 0 Å². The van der Waals surface area contributed by atoms with Crippen molar-refractivity contribution in [2.24, 2.45) is 0 Å². The third kappa shape index (κ3) is 4.38. The van der Waals surface area contributed by atoms with Crippen molar-refractivity contribution in [1.82, 2.24) is 0 Å². The number of ketones is 1. The van der Waals surface area contributed by atoms with Crippen LogP contribution in [0.25, 0.3) is 0 Å². The average molecular weight is 424 g/mol. The fourth-order valence-corrected chi connectivity index (χ4v) is 3.21. The summed E-state index contributed by atoms with van der Waals surface area (Å²) in [6.45, 7) is -0.958. The zero-order valence-electron chi connectivity index (χ0n) is 16.0. The summed E-state index contributed by atoms with van der Waals surface area (Å²) >= 11 is 0. The summed E-state index contributed by atoms with van der Waals surface area (Å²) in [5.74, 6) is -1.64. The van der Waals surface area contributed by atoms with Crippen LogP contribution in [0.1, 0.15) is 18.4 Å². The molecule has 30 heavy (non-hydrogen) atoms. The van der Waals surface area contributed by atoms with Gasteiger partial charge in [0.05, 0.1) is 6.61 Å². The van der Waals surface area contributed by atoms with Gasteiger partial charge >= 0.3 is 5.97 Å². The number of carbonyl (C=O) groups is 2. The topological polar surface area (TPSA) is 163 Å². The molecule has 3 rings (SSSR count). The number of ether oxygens (including phenoxy) is 3. The first kappa shape index (κ1) is 22.3. The monoisotopic (exact) mass is 424 g/mol. The molecular formula is C20H24O10. The summed E-state index contributed by atoms with van der Waals surface area (Å²) < 4.78 is 16.0. The lowest BCUT2D eigenvalue weighted by molar-refractivity contribution is -0.277. The summed E-state index contributed by atoms with van der Waals surface area (Å²) in [7, 11) is 0. The van der Waals surface area contributed by atoms with Crippen molar-refractivity contribution in [2.45, 2.75) is 55.8 Å². The lowest BCUT2D eigenvalue weighted by Gasteiger charge is -2.39. The fourth-order valence-electron chi connectivity index (χ4n) is 3.21. The standard InChI is InChI=1S/C20H24O10/c21-9-13-15(23)16(24)17(25)18(30-13)29-12-6-2-1-5-11(12)10-28-19(26)20(27)8-4-3-7-14(20)22/h1-2,4-6,8,13,15-18,21,23-25,27H,3,7,9-10H2/t13-,15-,16+,17-,18+,20-/m1/s1. The molecular weight excluding hydrogens is 400 g/mol. The van der Waals surface area contributed by atoms with E-state index in [1.807, 2.05) is 0 Å². The predicted molar refractivity (Wildman–Crippen MR) is 99.0 cm³/mol. The number of Topliss-reactive ketones (excluding diaryl/α,β-unsaturated/α-hetero) is 1. The maximum atomic E-state index is 12.3. The molecule has 10 heteroatoms. The Balaban J connectivity index is 1.70. The first-order valence-electron chi connectivity index (χ1n) is 9.43. The molecule has 0 unspecified atom stereocenters. The van der Waals surface area contributed by atoms with Crippen LogP contribution in [0.15, 0.2) is 36.4 Å². The molecule has 1 fully saturated rings. The van der Waals surface area contributed by atoms with Crippen LogP contribution in [0, 0.1) is 0 Å². The van der Waals surface area contributed by atoms with Crippen LogP contribution >= 0.6 is 0 Å². The third-order valence-electron chi connectivity index (χ3n) is 5.06. The quantitative estimate of drug-likeness (QED) is 0.208. The van der Waals surface area contributed by atoms with Crippen LogP contribution in [-0.2, 0) is 25.7 Å². The van der Waals surface area contributed by atoms with Gasteiger partial charge in [0.2, 0.25) is 11.9 Å². The Labute approximate surface area is 171 Å². The summed E-state index contributed by atoms with van der Waals surface area (Å²) in [5, 5.41) is 49.4. The highest BCUT2D eigenvalue weighted by molar-refractivity contribution is 6.09. The largest absolute Gasteiger partial charge is 0.462 e. The van der Waals surface area contributed by atoms with E-state index in [2.05, 4.69) is 0 Å². The molecule has 10 nitrogen and oxygen atoms in total. The summed E-state index contributed by atoms with van der Waals surface area (Å²) in [5.41, 5.74) is -2.00. The minimum absolute atomic E-state index is 0.0267. The van der Waals surface area contributed by atoms with Crippen molar-refractivity contribution in [2.75, 3.05) is 6.61 Å². The van der Waals surface area contributed by atoms with E-state index in [9.17, 15) is 35.1 Å². The lowest BCUT2D eigenvalue weighted by Crippen LogP contribution is -2.60. The third-order valence-corrected chi connectivity index (χ3v) is 5.06. The minimum atomic E-state index is -2.33. The van der Waals surface area contributed by atoms with Crippen LogP contribution in [-0.4, -0.2) is 80.2 Å². The van der Waals surface area contributed by atoms with E-state index in [1.165, 1.54) is 12.1 Å². The number of benzene rings is 1. The molecule has 164 valence electrons. The van der Waals surface area contributed by atoms with Gasteiger partial charge in [-0.1, -0.05) is 24.3 Å². The van der Waals surface area contributed by atoms with Gasteiger partial charge < -0.3 is 39.7 Å². The number of esters is 1. The van der Waals surface area contributed by atoms with Crippen LogP contribution in [0.2, 0.25) is 0 Å². The van der Waals surface area contributed by atoms with E-state index in [0.717, 1.165) is 6.08 Å². The highest BCUT2D eigenvalue weighted by atomic mass is 16.7. The average Bonchev–Trinajstić information content (AvgIpc) is 2.75. The van der Waals surface area contributed by atoms with Gasteiger partial charge in [0.1, 0.15) is 36.8 Å². The number of carbonyl (C=O) groups excluding carboxylic acids is 2. The second-order valence-electron chi connectivity index (χ2n) is 7.13. The van der Waals surface area contributed by atoms with Crippen molar-refractivity contribution in [3.63, 3.8) is 0 Å². The molecule has 1 aliphatic heterocycles. The zero-order chi connectivity index (χ0) is 21.9. The van der Waals surface area contributed by atoms with Crippen LogP contribution in [0.5, 0.6) is 5.75 Å². The van der Waals surface area contributed by atoms with Gasteiger partial charge in [-0.05, 0) is 18.6 Å². The number of aliphatic hydroxyl groups is 5. The van der Waals surface area contributed by atoms with Gasteiger partial charge in [0.25, 0.3) is 0 Å². The number of hydrogen-bond donors (Lipinski definition) is 5. The summed E-state index contributed by atoms with van der Waals surface area (Å²) in [6, 6.07) is 6.27. The molecule has 2 aliphatic rings. The molecule has 0 radical (unpaired) electrons. The Morgan fingerprint density at radius 3 is 2.60 bits per heavy atom. The predicted octanol–water partition coefficient (Wildman–Crippen LogP) is -1.44. The SMILES string of the molecule is O=C1CCC=C[C@]1(O)C(=O)OCc1ccccc1O[C@H]1O[C@H](CO)[C@@H](O)[C@H](O)[C@H]1O. The van der Waals surface area contributed by atoms with E-state index in [4.69, 9.17) is 14.2 Å². The van der Waals surface area contributed by atoms with Crippen LogP contribution < -0.4 is 4.74 Å². The number of allylic oxidation sites excluding steroid dienone is 1. The normalized spacial score (nSPS) is 33.9. The van der Waals surface area contributed by atoms with E-state index >= 15 is 0 Å². The Hall–Kier alpha value is -2.34. The molecule has 1 saturated heterocycles. The van der Waals surface area contributed by atoms with Crippen molar-refractivity contribution < 1.29 is 49.3 Å². The Morgan fingerprint density at radius 2 is 1.90 bits per heavy atom. The molecule has 0 saturated carbocycles. The minimum Gasteiger partial charge on any atom is -0.462 e. The van der Waals surface area contributed by atoms with Crippen molar-refractivity contribution in [3.8, 4) is 5.75 Å².